The summed E-state index contributed by atoms with van der Waals surface area (Å²) in [6.07, 6.45) is 6.12. The Morgan fingerprint density at radius 2 is 1.90 bits per heavy atom. The number of nitrogens with zero attached hydrogens (tertiary/aromatic N) is 4. The molecule has 7 rings (SSSR count). The number of hydrogen-bond donors (Lipinski definition) is 4. The van der Waals surface area contributed by atoms with E-state index in [4.69, 9.17) is 14.5 Å². The van der Waals surface area contributed by atoms with Crippen LogP contribution >= 0.6 is 0 Å². The van der Waals surface area contributed by atoms with Gasteiger partial charge in [-0.05, 0) is 99.7 Å². The van der Waals surface area contributed by atoms with Gasteiger partial charge in [-0.25, -0.2) is 5.43 Å². The second-order valence-electron chi connectivity index (χ2n) is 19.1. The van der Waals surface area contributed by atoms with Crippen molar-refractivity contribution in [2.75, 3.05) is 39.9 Å². The summed E-state index contributed by atoms with van der Waals surface area (Å²) < 4.78 is 14.3. The zero-order chi connectivity index (χ0) is 45.2. The smallest absolute Gasteiger partial charge is 0.324 e. The molecule has 13 heteroatoms. The van der Waals surface area contributed by atoms with Gasteiger partial charge in [0.05, 0.1) is 30.1 Å². The molecule has 4 N–H and O–H groups in total. The molecule has 5 heterocycles. The Bertz CT molecular complexity index is 2250. The minimum absolute atomic E-state index is 0.131. The fraction of sp³-hybridized carbons (Fsp3) is 0.560. The maximum Gasteiger partial charge on any atom is 0.324 e. The molecule has 0 saturated carbocycles. The van der Waals surface area contributed by atoms with Crippen LogP contribution in [-0.4, -0.2) is 114 Å². The molecule has 3 fully saturated rings. The van der Waals surface area contributed by atoms with E-state index in [9.17, 15) is 19.5 Å². The number of ether oxygens (including phenoxy) is 2. The van der Waals surface area contributed by atoms with E-state index in [2.05, 4.69) is 78.3 Å². The molecule has 2 aromatic carbocycles. The molecule has 3 saturated heterocycles. The summed E-state index contributed by atoms with van der Waals surface area (Å²) >= 11 is 0. The molecule has 6 atom stereocenters. The number of rotatable bonds is 10. The lowest BCUT2D eigenvalue weighted by Gasteiger charge is -2.38. The Balaban J connectivity index is 1.33. The van der Waals surface area contributed by atoms with Crippen molar-refractivity contribution >= 4 is 40.5 Å². The van der Waals surface area contributed by atoms with Crippen LogP contribution in [0.15, 0.2) is 65.8 Å². The number of aromatic nitrogens is 1. The third kappa shape index (κ3) is 9.31. The van der Waals surface area contributed by atoms with E-state index >= 15 is 0 Å². The number of aliphatic imine (C=N–C) groups is 1. The monoisotopic (exact) mass is 864 g/mol. The number of carbonyl (C=O) groups is 3. The maximum absolute atomic E-state index is 14.7. The van der Waals surface area contributed by atoms with Crippen LogP contribution in [0.3, 0.4) is 0 Å². The van der Waals surface area contributed by atoms with Crippen molar-refractivity contribution in [1.82, 2.24) is 30.5 Å². The van der Waals surface area contributed by atoms with Crippen molar-refractivity contribution in [2.45, 2.75) is 124 Å². The lowest BCUT2D eigenvalue weighted by Crippen LogP contribution is -2.62. The van der Waals surface area contributed by atoms with E-state index < -0.39 is 35.7 Å². The van der Waals surface area contributed by atoms with Crippen molar-refractivity contribution in [3.05, 3.63) is 77.6 Å². The number of esters is 1. The summed E-state index contributed by atoms with van der Waals surface area (Å²) in [4.78, 5) is 49.9. The van der Waals surface area contributed by atoms with Crippen LogP contribution in [0.25, 0.3) is 27.6 Å². The standard InChI is InChI=1S/C50H69N7O6/c1-10-36(42(52-11-2)32(6)62-9)44-38-28-49(7,8)30-63-47(60)39-17-14-23-57(54-39)46(59)40(53-45(58)43(31(4)5)56-24-21-50(48(56)61)20-22-51-29-50)26-33-15-13-16-34(25-33)35-18-19-41(37(38)27-35)55(44)12-3/h10-11,13,15-16,18-19,25,27,31-32,39-40,43,48,51,54,61H,1,12,14,17,20-24,26,28-30H2,2-9H3,(H,53,58)/b42-36+,52-11-/t32-,39-,40-,43-,48?,50-/m0/s1. The second-order valence-corrected chi connectivity index (χ2v) is 19.1. The highest BCUT2D eigenvalue weighted by Crippen LogP contribution is 2.43. The highest BCUT2D eigenvalue weighted by atomic mass is 16.5. The van der Waals surface area contributed by atoms with Gasteiger partial charge in [0.2, 0.25) is 5.91 Å². The zero-order valence-electron chi connectivity index (χ0n) is 38.6. The molecule has 63 heavy (non-hydrogen) atoms. The van der Waals surface area contributed by atoms with Crippen LogP contribution in [0.5, 0.6) is 0 Å². The van der Waals surface area contributed by atoms with Crippen LogP contribution < -0.4 is 16.1 Å². The third-order valence-corrected chi connectivity index (χ3v) is 13.8. The molecule has 4 aliphatic heterocycles. The number of aliphatic hydroxyl groups is 1. The quantitative estimate of drug-likeness (QED) is 0.109. The first-order valence-electron chi connectivity index (χ1n) is 23.0. The molecule has 4 aliphatic rings. The highest BCUT2D eigenvalue weighted by Gasteiger charge is 2.52. The predicted octanol–water partition coefficient (Wildman–Crippen LogP) is 6.03. The summed E-state index contributed by atoms with van der Waals surface area (Å²) in [6, 6.07) is 12.4. The van der Waals surface area contributed by atoms with Gasteiger partial charge < -0.3 is 29.8 Å². The molecule has 1 aromatic heterocycles. The number of methoxy groups -OCH3 is 1. The third-order valence-electron chi connectivity index (χ3n) is 13.8. The minimum atomic E-state index is -0.954. The number of hydrogen-bond acceptors (Lipinski definition) is 10. The molecular formula is C50H69N7O6. The minimum Gasteiger partial charge on any atom is -0.464 e. The van der Waals surface area contributed by atoms with Gasteiger partial charge in [0.25, 0.3) is 5.91 Å². The highest BCUT2D eigenvalue weighted by molar-refractivity contribution is 5.96. The fourth-order valence-electron chi connectivity index (χ4n) is 10.4. The molecule has 340 valence electrons. The normalized spacial score (nSPS) is 25.9. The number of amides is 2. The number of cyclic esters (lactones) is 1. The summed E-state index contributed by atoms with van der Waals surface area (Å²) in [5.74, 6) is -1.18. The largest absolute Gasteiger partial charge is 0.464 e. The number of aliphatic hydroxyl groups excluding tert-OH is 1. The lowest BCUT2D eigenvalue weighted by atomic mass is 9.84. The number of likely N-dealkylation sites (tertiary alicyclic amines) is 1. The van der Waals surface area contributed by atoms with E-state index in [0.717, 1.165) is 69.5 Å². The predicted molar refractivity (Wildman–Crippen MR) is 249 cm³/mol. The van der Waals surface area contributed by atoms with Gasteiger partial charge >= 0.3 is 5.97 Å². The number of aryl methyl sites for hydroxylation is 1. The fourth-order valence-corrected chi connectivity index (χ4v) is 10.4. The number of hydrazine groups is 1. The first-order valence-corrected chi connectivity index (χ1v) is 23.0. The topological polar surface area (TPSA) is 150 Å². The summed E-state index contributed by atoms with van der Waals surface area (Å²) in [7, 11) is 1.68. The molecule has 0 aliphatic carbocycles. The first kappa shape index (κ1) is 46.3. The molecule has 6 bridgehead atoms. The molecular weight excluding hydrogens is 795 g/mol. The SMILES string of the molecule is C=C/C(=C(\N=C/C)[C@H](C)OC)c1c2c3cc(ccc3n1CC)-c1cccc(c1)C[C@H](NC(=O)[C@H](C(C)C)N1CC[C@]3(CCNC3)C1O)C(=O)N1CCC[C@H](N1)C(=O)OCC(C)(C)C2. The molecule has 1 unspecified atom stereocenters. The number of allylic oxidation sites excluding steroid dienone is 2. The van der Waals surface area contributed by atoms with E-state index in [1.54, 1.807) is 13.3 Å². The number of fused-ring (bicyclic) bond motifs is 6. The van der Waals surface area contributed by atoms with Crippen molar-refractivity contribution in [3.8, 4) is 11.1 Å². The van der Waals surface area contributed by atoms with Crippen LogP contribution in [0, 0.1) is 16.7 Å². The van der Waals surface area contributed by atoms with Gasteiger partial charge in [-0.2, -0.15) is 0 Å². The number of carbonyl (C=O) groups excluding carboxylic acids is 3. The average Bonchev–Trinajstić information content (AvgIpc) is 3.97. The Hall–Kier alpha value is -4.66. The van der Waals surface area contributed by atoms with Crippen molar-refractivity contribution in [3.63, 3.8) is 0 Å². The van der Waals surface area contributed by atoms with E-state index in [-0.39, 0.29) is 42.3 Å². The van der Waals surface area contributed by atoms with Gasteiger partial charge in [-0.15, -0.1) is 0 Å². The van der Waals surface area contributed by atoms with E-state index in [0.29, 0.717) is 45.4 Å². The van der Waals surface area contributed by atoms with Crippen LogP contribution in [-0.2, 0) is 43.2 Å². The Labute approximate surface area is 373 Å². The summed E-state index contributed by atoms with van der Waals surface area (Å²) in [5, 5.41) is 20.8. The molecule has 2 amide bonds. The Morgan fingerprint density at radius 3 is 2.59 bits per heavy atom. The second kappa shape index (κ2) is 19.2. The van der Waals surface area contributed by atoms with Gasteiger partial charge in [-0.3, -0.25) is 29.3 Å². The molecule has 1 spiro atoms. The van der Waals surface area contributed by atoms with E-state index in [1.807, 2.05) is 50.8 Å². The summed E-state index contributed by atoms with van der Waals surface area (Å²) in [6.45, 7) is 21.9. The number of nitrogens with one attached hydrogen (secondary N) is 3. The lowest BCUT2D eigenvalue weighted by molar-refractivity contribution is -0.155. The van der Waals surface area contributed by atoms with E-state index in [1.165, 1.54) is 5.01 Å². The molecule has 13 nitrogen and oxygen atoms in total. The molecule has 0 radical (unpaired) electrons. The van der Waals surface area contributed by atoms with Gasteiger partial charge in [0.1, 0.15) is 18.3 Å². The zero-order valence-corrected chi connectivity index (χ0v) is 38.6. The molecule has 3 aromatic rings. The van der Waals surface area contributed by atoms with Crippen LogP contribution in [0.1, 0.15) is 91.0 Å². The van der Waals surface area contributed by atoms with Gasteiger partial charge in [-0.1, -0.05) is 70.7 Å². The maximum atomic E-state index is 14.7. The van der Waals surface area contributed by atoms with Gasteiger partial charge in [0, 0.05) is 73.2 Å². The van der Waals surface area contributed by atoms with Crippen LogP contribution in [0.4, 0.5) is 0 Å². The average molecular weight is 864 g/mol. The van der Waals surface area contributed by atoms with Crippen LogP contribution in [0.2, 0.25) is 0 Å². The number of benzene rings is 2. The Morgan fingerprint density at radius 1 is 1.13 bits per heavy atom. The first-order chi connectivity index (χ1) is 30.1. The Kier molecular flexibility index (Phi) is 14.1. The van der Waals surface area contributed by atoms with Crippen molar-refractivity contribution < 1.29 is 29.0 Å². The van der Waals surface area contributed by atoms with Crippen molar-refractivity contribution in [1.29, 1.82) is 0 Å². The summed E-state index contributed by atoms with van der Waals surface area (Å²) in [5.41, 5.74) is 10.1. The van der Waals surface area contributed by atoms with Crippen molar-refractivity contribution in [2.24, 2.45) is 21.7 Å². The van der Waals surface area contributed by atoms with Gasteiger partial charge in [0.15, 0.2) is 0 Å².